The molecule has 5 heteroatoms. The summed E-state index contributed by atoms with van der Waals surface area (Å²) in [5.41, 5.74) is 8.62. The third kappa shape index (κ3) is 2.27. The number of hydrogen-bond acceptors (Lipinski definition) is 4. The molecule has 1 heterocycles. The molecule has 0 atom stereocenters. The Morgan fingerprint density at radius 3 is 2.81 bits per heavy atom. The molecule has 2 aromatic rings. The molecule has 0 aromatic heterocycles. The molecule has 1 aliphatic rings. The Kier molecular flexibility index (Phi) is 3.17. The van der Waals surface area contributed by atoms with E-state index in [0.29, 0.717) is 18.0 Å². The lowest BCUT2D eigenvalue weighted by Gasteiger charge is -2.18. The second-order valence-electron chi connectivity index (χ2n) is 4.98. The van der Waals surface area contributed by atoms with Crippen molar-refractivity contribution in [2.45, 2.75) is 6.42 Å². The maximum atomic E-state index is 12.6. The Bertz CT molecular complexity index is 713. The molecule has 0 fully saturated rings. The van der Waals surface area contributed by atoms with Crippen LogP contribution in [0.15, 0.2) is 36.4 Å². The third-order valence-electron chi connectivity index (χ3n) is 3.68. The highest BCUT2D eigenvalue weighted by Gasteiger charge is 2.27. The number of phenols is 1. The minimum atomic E-state index is -0.223. The van der Waals surface area contributed by atoms with Gasteiger partial charge in [-0.05, 0) is 42.3 Å². The number of hydrogen-bond donors (Lipinski definition) is 2. The number of nitrogen functional groups attached to an aromatic ring is 1. The van der Waals surface area contributed by atoms with E-state index >= 15 is 0 Å². The lowest BCUT2D eigenvalue weighted by molar-refractivity contribution is 0.0987. The van der Waals surface area contributed by atoms with Gasteiger partial charge >= 0.3 is 0 Å². The van der Waals surface area contributed by atoms with E-state index < -0.39 is 0 Å². The van der Waals surface area contributed by atoms with E-state index in [1.165, 1.54) is 13.2 Å². The van der Waals surface area contributed by atoms with E-state index in [2.05, 4.69) is 0 Å². The number of benzene rings is 2. The molecular formula is C16H16N2O3. The highest BCUT2D eigenvalue weighted by molar-refractivity contribution is 6.09. The number of nitrogens with two attached hydrogens (primary N) is 1. The summed E-state index contributed by atoms with van der Waals surface area (Å²) in [6.07, 6.45) is 0.767. The van der Waals surface area contributed by atoms with Gasteiger partial charge in [0.15, 0.2) is 0 Å². The van der Waals surface area contributed by atoms with Crippen molar-refractivity contribution in [2.75, 3.05) is 24.3 Å². The summed E-state index contributed by atoms with van der Waals surface area (Å²) in [6, 6.07) is 10.2. The molecule has 0 radical (unpaired) electrons. The van der Waals surface area contributed by atoms with Gasteiger partial charge in [-0.3, -0.25) is 4.79 Å². The number of amides is 1. The van der Waals surface area contributed by atoms with E-state index in [0.717, 1.165) is 17.7 Å². The predicted octanol–water partition coefficient (Wildman–Crippen LogP) is 2.19. The number of ether oxygens (including phenoxy) is 1. The average Bonchev–Trinajstić information content (AvgIpc) is 2.89. The summed E-state index contributed by atoms with van der Waals surface area (Å²) in [7, 11) is 1.51. The minimum absolute atomic E-state index is 0.0803. The third-order valence-corrected chi connectivity index (χ3v) is 3.68. The number of carbonyl (C=O) groups excluding carboxylic acids is 1. The fourth-order valence-electron chi connectivity index (χ4n) is 2.60. The maximum absolute atomic E-state index is 12.6. The summed E-state index contributed by atoms with van der Waals surface area (Å²) in [5, 5.41) is 10.00. The lowest BCUT2D eigenvalue weighted by atomic mass is 10.1. The zero-order valence-corrected chi connectivity index (χ0v) is 11.7. The largest absolute Gasteiger partial charge is 0.507 e. The SMILES string of the molecule is COc1ccc(C(=O)N2CCc3cc(N)ccc32)c(O)c1. The van der Waals surface area contributed by atoms with E-state index in [9.17, 15) is 9.90 Å². The molecular weight excluding hydrogens is 268 g/mol. The first kappa shape index (κ1) is 13.3. The van der Waals surface area contributed by atoms with Gasteiger partial charge in [0, 0.05) is 24.0 Å². The zero-order chi connectivity index (χ0) is 15.0. The van der Waals surface area contributed by atoms with Crippen molar-refractivity contribution in [2.24, 2.45) is 0 Å². The summed E-state index contributed by atoms with van der Waals surface area (Å²) in [6.45, 7) is 0.586. The van der Waals surface area contributed by atoms with Gasteiger partial charge in [0.05, 0.1) is 12.7 Å². The fourth-order valence-corrected chi connectivity index (χ4v) is 2.60. The molecule has 0 bridgehead atoms. The monoisotopic (exact) mass is 284 g/mol. The molecule has 0 spiro atoms. The summed E-state index contributed by atoms with van der Waals surface area (Å²) >= 11 is 0. The van der Waals surface area contributed by atoms with Crippen molar-refractivity contribution in [3.05, 3.63) is 47.5 Å². The first-order chi connectivity index (χ1) is 10.1. The standard InChI is InChI=1S/C16H16N2O3/c1-21-12-3-4-13(15(19)9-12)16(20)18-7-6-10-8-11(17)2-5-14(10)18/h2-5,8-9,19H,6-7,17H2,1H3. The number of fused-ring (bicyclic) bond motifs is 1. The van der Waals surface area contributed by atoms with Crippen LogP contribution in [0, 0.1) is 0 Å². The molecule has 3 N–H and O–H groups in total. The molecule has 0 aliphatic carbocycles. The van der Waals surface area contributed by atoms with Crippen LogP contribution in [0.25, 0.3) is 0 Å². The van der Waals surface area contributed by atoms with Crippen molar-refractivity contribution in [3.8, 4) is 11.5 Å². The first-order valence-electron chi connectivity index (χ1n) is 6.67. The highest BCUT2D eigenvalue weighted by atomic mass is 16.5. The van der Waals surface area contributed by atoms with Crippen molar-refractivity contribution >= 4 is 17.3 Å². The van der Waals surface area contributed by atoms with Gasteiger partial charge in [-0.25, -0.2) is 0 Å². The van der Waals surface area contributed by atoms with Crippen LogP contribution in [0.2, 0.25) is 0 Å². The first-order valence-corrected chi connectivity index (χ1v) is 6.67. The topological polar surface area (TPSA) is 75.8 Å². The van der Waals surface area contributed by atoms with Crippen LogP contribution < -0.4 is 15.4 Å². The molecule has 0 unspecified atom stereocenters. The number of phenolic OH excluding ortho intramolecular Hbond substituents is 1. The van der Waals surface area contributed by atoms with Crippen LogP contribution in [0.5, 0.6) is 11.5 Å². The van der Waals surface area contributed by atoms with Crippen LogP contribution in [0.1, 0.15) is 15.9 Å². The Hall–Kier alpha value is -2.69. The smallest absolute Gasteiger partial charge is 0.262 e. The van der Waals surface area contributed by atoms with Gasteiger partial charge < -0.3 is 20.5 Å². The number of nitrogens with zero attached hydrogens (tertiary/aromatic N) is 1. The maximum Gasteiger partial charge on any atom is 0.262 e. The van der Waals surface area contributed by atoms with Gasteiger partial charge in [-0.15, -0.1) is 0 Å². The average molecular weight is 284 g/mol. The summed E-state index contributed by atoms with van der Waals surface area (Å²) < 4.78 is 5.03. The fraction of sp³-hybridized carbons (Fsp3) is 0.188. The number of aromatic hydroxyl groups is 1. The Labute approximate surface area is 122 Å². The second kappa shape index (κ2) is 5.01. The van der Waals surface area contributed by atoms with Crippen LogP contribution in [-0.2, 0) is 6.42 Å². The molecule has 108 valence electrons. The molecule has 3 rings (SSSR count). The Morgan fingerprint density at radius 2 is 2.10 bits per heavy atom. The number of rotatable bonds is 2. The molecule has 2 aromatic carbocycles. The Morgan fingerprint density at radius 1 is 1.29 bits per heavy atom. The van der Waals surface area contributed by atoms with Crippen LogP contribution in [-0.4, -0.2) is 24.7 Å². The van der Waals surface area contributed by atoms with Gasteiger partial charge in [0.1, 0.15) is 11.5 Å². The Balaban J connectivity index is 1.94. The molecule has 1 amide bonds. The molecule has 5 nitrogen and oxygen atoms in total. The normalized spacial score (nSPS) is 13.1. The summed E-state index contributed by atoms with van der Waals surface area (Å²) in [5.74, 6) is 0.209. The van der Waals surface area contributed by atoms with Gasteiger partial charge in [-0.2, -0.15) is 0 Å². The van der Waals surface area contributed by atoms with Crippen molar-refractivity contribution in [3.63, 3.8) is 0 Å². The van der Waals surface area contributed by atoms with Crippen molar-refractivity contribution < 1.29 is 14.6 Å². The molecule has 0 saturated carbocycles. The molecule has 1 aliphatic heterocycles. The predicted molar refractivity (Wildman–Crippen MR) is 80.9 cm³/mol. The van der Waals surface area contributed by atoms with Crippen LogP contribution >= 0.6 is 0 Å². The van der Waals surface area contributed by atoms with Crippen molar-refractivity contribution in [1.82, 2.24) is 0 Å². The van der Waals surface area contributed by atoms with Gasteiger partial charge in [-0.1, -0.05) is 0 Å². The van der Waals surface area contributed by atoms with Gasteiger partial charge in [0.2, 0.25) is 0 Å². The number of methoxy groups -OCH3 is 1. The van der Waals surface area contributed by atoms with E-state index in [1.54, 1.807) is 23.1 Å². The quantitative estimate of drug-likeness (QED) is 0.829. The zero-order valence-electron chi connectivity index (χ0n) is 11.7. The lowest BCUT2D eigenvalue weighted by Crippen LogP contribution is -2.28. The van der Waals surface area contributed by atoms with Crippen LogP contribution in [0.4, 0.5) is 11.4 Å². The molecule has 21 heavy (non-hydrogen) atoms. The number of anilines is 2. The number of carbonyl (C=O) groups is 1. The van der Waals surface area contributed by atoms with E-state index in [4.69, 9.17) is 10.5 Å². The second-order valence-corrected chi connectivity index (χ2v) is 4.98. The summed E-state index contributed by atoms with van der Waals surface area (Å²) in [4.78, 5) is 14.3. The van der Waals surface area contributed by atoms with Gasteiger partial charge in [0.25, 0.3) is 5.91 Å². The van der Waals surface area contributed by atoms with E-state index in [1.807, 2.05) is 12.1 Å². The van der Waals surface area contributed by atoms with E-state index in [-0.39, 0.29) is 17.2 Å². The minimum Gasteiger partial charge on any atom is -0.507 e. The molecule has 0 saturated heterocycles. The van der Waals surface area contributed by atoms with Crippen LogP contribution in [0.3, 0.4) is 0 Å². The highest BCUT2D eigenvalue weighted by Crippen LogP contribution is 2.33. The van der Waals surface area contributed by atoms with Crippen molar-refractivity contribution in [1.29, 1.82) is 0 Å².